The maximum atomic E-state index is 11.4. The highest BCUT2D eigenvalue weighted by molar-refractivity contribution is 5.83. The Kier molecular flexibility index (Phi) is 3.11. The van der Waals surface area contributed by atoms with Crippen molar-refractivity contribution >= 4 is 17.5 Å². The maximum Gasteiger partial charge on any atom is 0.322 e. The van der Waals surface area contributed by atoms with E-state index in [9.17, 15) is 14.7 Å². The summed E-state index contributed by atoms with van der Waals surface area (Å²) < 4.78 is 1.87. The predicted octanol–water partition coefficient (Wildman–Crippen LogP) is -0.281. The molecule has 0 saturated carbocycles. The Labute approximate surface area is 114 Å². The van der Waals surface area contributed by atoms with Gasteiger partial charge in [0.05, 0.1) is 12.2 Å². The van der Waals surface area contributed by atoms with Crippen molar-refractivity contribution in [2.75, 3.05) is 13.1 Å². The largest absolute Gasteiger partial charge is 0.480 e. The highest BCUT2D eigenvalue weighted by Gasteiger charge is 2.32. The highest BCUT2D eigenvalue weighted by Crippen LogP contribution is 2.12. The molecule has 0 aromatic carbocycles. The van der Waals surface area contributed by atoms with Crippen LogP contribution < -0.4 is 5.32 Å². The number of carbonyl (C=O) groups excluding carboxylic acids is 1. The van der Waals surface area contributed by atoms with Crippen LogP contribution in [0.5, 0.6) is 0 Å². The van der Waals surface area contributed by atoms with Crippen molar-refractivity contribution in [2.24, 2.45) is 0 Å². The number of piperazine rings is 1. The molecule has 0 spiro atoms. The molecule has 1 saturated heterocycles. The molecule has 1 unspecified atom stereocenters. The Hall–Kier alpha value is -2.41. The average Bonchev–Trinajstić information content (AvgIpc) is 2.80. The lowest BCUT2D eigenvalue weighted by molar-refractivity contribution is -0.146. The number of carboxylic acids is 1. The lowest BCUT2D eigenvalue weighted by atomic mass is 10.2. The average molecular weight is 274 g/mol. The summed E-state index contributed by atoms with van der Waals surface area (Å²) in [6.07, 6.45) is 3.73. The number of aromatic nitrogens is 2. The van der Waals surface area contributed by atoms with E-state index < -0.39 is 12.0 Å². The van der Waals surface area contributed by atoms with Gasteiger partial charge in [-0.3, -0.25) is 14.5 Å². The lowest BCUT2D eigenvalue weighted by Gasteiger charge is -2.31. The van der Waals surface area contributed by atoms with Crippen molar-refractivity contribution < 1.29 is 14.7 Å². The normalized spacial score (nSPS) is 20.0. The molecular weight excluding hydrogens is 260 g/mol. The first-order chi connectivity index (χ1) is 9.63. The van der Waals surface area contributed by atoms with Crippen LogP contribution in [0.4, 0.5) is 0 Å². The molecule has 104 valence electrons. The quantitative estimate of drug-likeness (QED) is 0.804. The molecule has 7 heteroatoms. The Balaban J connectivity index is 1.83. The molecule has 2 aromatic rings. The number of nitrogens with one attached hydrogen (secondary N) is 1. The zero-order valence-corrected chi connectivity index (χ0v) is 10.7. The summed E-state index contributed by atoms with van der Waals surface area (Å²) in [5.74, 6) is -1.10. The number of carboxylic acid groups (broad SMARTS) is 1. The summed E-state index contributed by atoms with van der Waals surface area (Å²) in [6.45, 7) is 0.540. The van der Waals surface area contributed by atoms with E-state index in [1.165, 1.54) is 0 Å². The van der Waals surface area contributed by atoms with Crippen LogP contribution in [0.2, 0.25) is 0 Å². The molecule has 0 radical (unpaired) electrons. The van der Waals surface area contributed by atoms with Gasteiger partial charge in [0.2, 0.25) is 5.91 Å². The third-order valence-electron chi connectivity index (χ3n) is 3.34. The molecule has 1 amide bonds. The second-order valence-electron chi connectivity index (χ2n) is 4.76. The molecule has 20 heavy (non-hydrogen) atoms. The standard InChI is InChI=1S/C13H14N4O3/c18-12-8-17(10(5-14-12)13(19)20)7-9-6-16-4-2-1-3-11(16)15-9/h1-4,6,10H,5,7-8H2,(H,14,18)(H,19,20). The number of imidazole rings is 1. The van der Waals surface area contributed by atoms with Crippen LogP contribution in [0.15, 0.2) is 30.6 Å². The SMILES string of the molecule is O=C1CN(Cc2cn3ccccc3n2)C(C(=O)O)CN1. The van der Waals surface area contributed by atoms with E-state index >= 15 is 0 Å². The molecule has 7 nitrogen and oxygen atoms in total. The molecule has 3 rings (SSSR count). The van der Waals surface area contributed by atoms with Crippen molar-refractivity contribution in [2.45, 2.75) is 12.6 Å². The number of hydrogen-bond donors (Lipinski definition) is 2. The van der Waals surface area contributed by atoms with Gasteiger partial charge in [0.1, 0.15) is 11.7 Å². The summed E-state index contributed by atoms with van der Waals surface area (Å²) in [7, 11) is 0. The molecule has 1 aliphatic rings. The van der Waals surface area contributed by atoms with Crippen LogP contribution in [-0.4, -0.2) is 50.4 Å². The molecule has 1 aliphatic heterocycles. The molecule has 2 N–H and O–H groups in total. The van der Waals surface area contributed by atoms with Gasteiger partial charge in [-0.15, -0.1) is 0 Å². The van der Waals surface area contributed by atoms with Gasteiger partial charge in [0.25, 0.3) is 0 Å². The third kappa shape index (κ3) is 2.35. The second kappa shape index (κ2) is 4.93. The summed E-state index contributed by atoms with van der Waals surface area (Å²) in [4.78, 5) is 28.7. The molecule has 3 heterocycles. The van der Waals surface area contributed by atoms with Crippen molar-refractivity contribution in [3.8, 4) is 0 Å². The minimum absolute atomic E-state index is 0.0742. The molecule has 1 fully saturated rings. The topological polar surface area (TPSA) is 86.9 Å². The smallest absolute Gasteiger partial charge is 0.322 e. The first kappa shape index (κ1) is 12.6. The predicted molar refractivity (Wildman–Crippen MR) is 70.0 cm³/mol. The fourth-order valence-corrected chi connectivity index (χ4v) is 2.37. The Bertz CT molecular complexity index is 633. The van der Waals surface area contributed by atoms with E-state index in [0.717, 1.165) is 11.3 Å². The Morgan fingerprint density at radius 1 is 1.50 bits per heavy atom. The van der Waals surface area contributed by atoms with Crippen LogP contribution in [0.1, 0.15) is 5.69 Å². The number of amides is 1. The fourth-order valence-electron chi connectivity index (χ4n) is 2.37. The van der Waals surface area contributed by atoms with Gasteiger partial charge >= 0.3 is 5.97 Å². The molecule has 0 bridgehead atoms. The number of rotatable bonds is 3. The van der Waals surface area contributed by atoms with E-state index in [0.29, 0.717) is 6.54 Å². The van der Waals surface area contributed by atoms with Gasteiger partial charge in [-0.05, 0) is 12.1 Å². The van der Waals surface area contributed by atoms with Crippen LogP contribution in [0.3, 0.4) is 0 Å². The summed E-state index contributed by atoms with van der Waals surface area (Å²) in [6, 6.07) is 4.95. The van der Waals surface area contributed by atoms with Gasteiger partial charge in [0, 0.05) is 25.5 Å². The van der Waals surface area contributed by atoms with Gasteiger partial charge in [-0.1, -0.05) is 6.07 Å². The zero-order chi connectivity index (χ0) is 14.1. The minimum Gasteiger partial charge on any atom is -0.480 e. The highest BCUT2D eigenvalue weighted by atomic mass is 16.4. The number of nitrogens with zero attached hydrogens (tertiary/aromatic N) is 3. The van der Waals surface area contributed by atoms with Crippen LogP contribution in [0, 0.1) is 0 Å². The summed E-state index contributed by atoms with van der Waals surface area (Å²) >= 11 is 0. The zero-order valence-electron chi connectivity index (χ0n) is 10.7. The van der Waals surface area contributed by atoms with E-state index in [4.69, 9.17) is 0 Å². The van der Waals surface area contributed by atoms with Gasteiger partial charge in [0.15, 0.2) is 0 Å². The molecule has 0 aliphatic carbocycles. The van der Waals surface area contributed by atoms with Crippen molar-refractivity contribution in [3.63, 3.8) is 0 Å². The number of pyridine rings is 1. The van der Waals surface area contributed by atoms with Crippen molar-refractivity contribution in [3.05, 3.63) is 36.3 Å². The van der Waals surface area contributed by atoms with E-state index in [-0.39, 0.29) is 19.0 Å². The van der Waals surface area contributed by atoms with Crippen molar-refractivity contribution in [1.82, 2.24) is 19.6 Å². The number of fused-ring (bicyclic) bond motifs is 1. The lowest BCUT2D eigenvalue weighted by Crippen LogP contribution is -2.56. The first-order valence-electron chi connectivity index (χ1n) is 6.29. The molecule has 1 atom stereocenters. The third-order valence-corrected chi connectivity index (χ3v) is 3.34. The monoisotopic (exact) mass is 274 g/mol. The summed E-state index contributed by atoms with van der Waals surface area (Å²) in [5.41, 5.74) is 1.55. The maximum absolute atomic E-state index is 11.4. The Morgan fingerprint density at radius 2 is 2.35 bits per heavy atom. The van der Waals surface area contributed by atoms with Crippen LogP contribution in [0.25, 0.3) is 5.65 Å². The minimum atomic E-state index is -0.936. The number of carbonyl (C=O) groups is 2. The Morgan fingerprint density at radius 3 is 3.10 bits per heavy atom. The fraction of sp³-hybridized carbons (Fsp3) is 0.308. The summed E-state index contributed by atoms with van der Waals surface area (Å²) in [5, 5.41) is 11.8. The van der Waals surface area contributed by atoms with E-state index in [1.54, 1.807) is 4.90 Å². The molecular formula is C13H14N4O3. The second-order valence-corrected chi connectivity index (χ2v) is 4.76. The van der Waals surface area contributed by atoms with Crippen LogP contribution in [-0.2, 0) is 16.1 Å². The van der Waals surface area contributed by atoms with Crippen LogP contribution >= 0.6 is 0 Å². The number of aliphatic carboxylic acids is 1. The van der Waals surface area contributed by atoms with Gasteiger partial charge in [-0.2, -0.15) is 0 Å². The van der Waals surface area contributed by atoms with Gasteiger partial charge < -0.3 is 14.8 Å². The first-order valence-corrected chi connectivity index (χ1v) is 6.29. The number of hydrogen-bond acceptors (Lipinski definition) is 4. The van der Waals surface area contributed by atoms with Gasteiger partial charge in [-0.25, -0.2) is 4.98 Å². The van der Waals surface area contributed by atoms with E-state index in [2.05, 4.69) is 10.3 Å². The molecule has 2 aromatic heterocycles. The van der Waals surface area contributed by atoms with Crippen molar-refractivity contribution in [1.29, 1.82) is 0 Å². The van der Waals surface area contributed by atoms with E-state index in [1.807, 2.05) is 35.0 Å².